The van der Waals surface area contributed by atoms with E-state index in [-0.39, 0.29) is 24.5 Å². The minimum Gasteiger partial charge on any atom is -0.399 e. The summed E-state index contributed by atoms with van der Waals surface area (Å²) < 4.78 is 11.9. The Labute approximate surface area is 109 Å². The first kappa shape index (κ1) is 15.1. The van der Waals surface area contributed by atoms with Gasteiger partial charge in [-0.3, -0.25) is 0 Å². The normalized spacial score (nSPS) is 20.7. The van der Waals surface area contributed by atoms with Gasteiger partial charge < -0.3 is 15.5 Å². The van der Waals surface area contributed by atoms with Crippen LogP contribution in [0.4, 0.5) is 0 Å². The molecule has 3 N–H and O–H groups in total. The van der Waals surface area contributed by atoms with Gasteiger partial charge in [0.15, 0.2) is 0 Å². The molecule has 0 aliphatic carbocycles. The first-order chi connectivity index (χ1) is 7.73. The van der Waals surface area contributed by atoms with Gasteiger partial charge in [0.1, 0.15) is 5.82 Å². The van der Waals surface area contributed by atoms with E-state index in [1.807, 2.05) is 41.5 Å². The molecule has 5 nitrogen and oxygen atoms in total. The maximum Gasteiger partial charge on any atom is 0.498 e. The maximum absolute atomic E-state index is 5.97. The highest BCUT2D eigenvalue weighted by Crippen LogP contribution is 2.36. The van der Waals surface area contributed by atoms with Crippen molar-refractivity contribution in [2.24, 2.45) is 0 Å². The molecule has 6 heteroatoms. The molecule has 0 saturated carbocycles. The van der Waals surface area contributed by atoms with Crippen molar-refractivity contribution in [1.29, 1.82) is 0 Å². The molecule has 0 radical (unpaired) electrons. The zero-order valence-corrected chi connectivity index (χ0v) is 12.1. The molecule has 0 unspecified atom stereocenters. The van der Waals surface area contributed by atoms with E-state index in [2.05, 4.69) is 9.97 Å². The Balaban J connectivity index is 0.00000162. The average Bonchev–Trinajstić information content (AvgIpc) is 2.35. The Morgan fingerprint density at radius 3 is 2.00 bits per heavy atom. The molecule has 0 bridgehead atoms. The molecule has 100 valence electrons. The van der Waals surface area contributed by atoms with Crippen molar-refractivity contribution in [3.63, 3.8) is 0 Å². The number of nitrogens with zero attached hydrogens (tertiary/aromatic N) is 2. The summed E-state index contributed by atoms with van der Waals surface area (Å²) in [6.07, 6.45) is 1.79. The van der Waals surface area contributed by atoms with E-state index in [0.717, 1.165) is 17.0 Å². The van der Waals surface area contributed by atoms with Crippen LogP contribution in [0.25, 0.3) is 0 Å². The van der Waals surface area contributed by atoms with Crippen LogP contribution in [-0.2, 0) is 9.31 Å². The van der Waals surface area contributed by atoms with E-state index >= 15 is 0 Å². The number of hydrogen-bond acceptors (Lipinski definition) is 5. The summed E-state index contributed by atoms with van der Waals surface area (Å²) in [7, 11) is -0.374. The van der Waals surface area contributed by atoms with Gasteiger partial charge in [0.2, 0.25) is 0 Å². The van der Waals surface area contributed by atoms with E-state index in [4.69, 9.17) is 9.31 Å². The van der Waals surface area contributed by atoms with Gasteiger partial charge in [-0.1, -0.05) is 0 Å². The van der Waals surface area contributed by atoms with Crippen molar-refractivity contribution >= 4 is 12.6 Å². The zero-order chi connectivity index (χ0) is 12.8. The number of rotatable bonds is 1. The Morgan fingerprint density at radius 1 is 1.06 bits per heavy atom. The fraction of sp³-hybridized carbons (Fsp3) is 0.667. The third kappa shape index (κ3) is 2.41. The molecule has 0 atom stereocenters. The smallest absolute Gasteiger partial charge is 0.399 e. The Kier molecular flexibility index (Phi) is 3.86. The third-order valence-corrected chi connectivity index (χ3v) is 3.64. The second-order valence-electron chi connectivity index (χ2n) is 5.55. The summed E-state index contributed by atoms with van der Waals surface area (Å²) >= 11 is 0. The summed E-state index contributed by atoms with van der Waals surface area (Å²) in [5.74, 6) is 0.766. The monoisotopic (exact) mass is 251 g/mol. The average molecular weight is 251 g/mol. The molecule has 1 saturated heterocycles. The largest absolute Gasteiger partial charge is 0.498 e. The van der Waals surface area contributed by atoms with Gasteiger partial charge in [-0.05, 0) is 41.5 Å². The highest BCUT2D eigenvalue weighted by atomic mass is 16.7. The van der Waals surface area contributed by atoms with Gasteiger partial charge in [0.25, 0.3) is 0 Å². The topological polar surface area (TPSA) is 79.2 Å². The molecule has 1 aromatic rings. The van der Waals surface area contributed by atoms with Gasteiger partial charge in [0.05, 0.1) is 11.2 Å². The molecular weight excluding hydrogens is 229 g/mol. The van der Waals surface area contributed by atoms with Crippen molar-refractivity contribution in [3.8, 4) is 0 Å². The van der Waals surface area contributed by atoms with E-state index in [1.165, 1.54) is 0 Å². The second-order valence-corrected chi connectivity index (χ2v) is 5.55. The summed E-state index contributed by atoms with van der Waals surface area (Å²) in [4.78, 5) is 8.55. The zero-order valence-electron chi connectivity index (χ0n) is 12.1. The molecule has 0 amide bonds. The van der Waals surface area contributed by atoms with Crippen molar-refractivity contribution in [2.45, 2.75) is 52.7 Å². The number of aryl methyl sites for hydroxylation is 2. The second kappa shape index (κ2) is 4.61. The standard InChI is InChI=1S/C12H19BN2O2.H3N/c1-8-10(7-14-9(2)15-8)13-16-11(3,4)12(5,6)17-13;/h7H,1-6H3;1H3. The summed E-state index contributed by atoms with van der Waals surface area (Å²) in [6, 6.07) is 0. The van der Waals surface area contributed by atoms with E-state index < -0.39 is 0 Å². The van der Waals surface area contributed by atoms with Gasteiger partial charge in [-0.25, -0.2) is 9.97 Å². The van der Waals surface area contributed by atoms with Gasteiger partial charge in [-0.15, -0.1) is 0 Å². The molecule has 0 spiro atoms. The maximum atomic E-state index is 5.97. The summed E-state index contributed by atoms with van der Waals surface area (Å²) in [5.41, 5.74) is 1.18. The quantitative estimate of drug-likeness (QED) is 0.766. The van der Waals surface area contributed by atoms with E-state index in [0.29, 0.717) is 0 Å². The molecule has 2 heterocycles. The van der Waals surface area contributed by atoms with Crippen LogP contribution >= 0.6 is 0 Å². The SMILES string of the molecule is Cc1ncc(B2OC(C)(C)C(C)(C)O2)c(C)n1.N. The lowest BCUT2D eigenvalue weighted by Gasteiger charge is -2.32. The summed E-state index contributed by atoms with van der Waals surface area (Å²) in [6.45, 7) is 12.0. The van der Waals surface area contributed by atoms with E-state index in [1.54, 1.807) is 6.20 Å². The van der Waals surface area contributed by atoms with Crippen LogP contribution in [0.15, 0.2) is 6.20 Å². The van der Waals surface area contributed by atoms with Crippen molar-refractivity contribution in [3.05, 3.63) is 17.7 Å². The first-order valence-electron chi connectivity index (χ1n) is 5.89. The number of aromatic nitrogens is 2. The summed E-state index contributed by atoms with van der Waals surface area (Å²) in [5, 5.41) is 0. The highest BCUT2D eigenvalue weighted by Gasteiger charge is 2.52. The third-order valence-electron chi connectivity index (χ3n) is 3.64. The minimum absolute atomic E-state index is 0. The first-order valence-corrected chi connectivity index (χ1v) is 5.89. The molecule has 1 fully saturated rings. The van der Waals surface area contributed by atoms with Gasteiger partial charge >= 0.3 is 7.12 Å². The number of hydrogen-bond donors (Lipinski definition) is 1. The lowest BCUT2D eigenvalue weighted by atomic mass is 9.79. The van der Waals surface area contributed by atoms with Crippen LogP contribution in [-0.4, -0.2) is 28.3 Å². The van der Waals surface area contributed by atoms with Crippen molar-refractivity contribution in [1.82, 2.24) is 16.1 Å². The predicted molar refractivity (Wildman–Crippen MR) is 72.2 cm³/mol. The van der Waals surface area contributed by atoms with Gasteiger partial charge in [0, 0.05) is 17.4 Å². The van der Waals surface area contributed by atoms with E-state index in [9.17, 15) is 0 Å². The molecule has 1 aliphatic heterocycles. The fourth-order valence-corrected chi connectivity index (χ4v) is 1.79. The molecule has 0 aromatic carbocycles. The Morgan fingerprint density at radius 2 is 1.56 bits per heavy atom. The fourth-order valence-electron chi connectivity index (χ4n) is 1.79. The molecule has 18 heavy (non-hydrogen) atoms. The van der Waals surface area contributed by atoms with Crippen molar-refractivity contribution < 1.29 is 9.31 Å². The van der Waals surface area contributed by atoms with Crippen molar-refractivity contribution in [2.75, 3.05) is 0 Å². The van der Waals surface area contributed by atoms with Crippen LogP contribution in [0.2, 0.25) is 0 Å². The Bertz CT molecular complexity index is 433. The van der Waals surface area contributed by atoms with Crippen LogP contribution < -0.4 is 11.6 Å². The van der Waals surface area contributed by atoms with Crippen LogP contribution in [0, 0.1) is 13.8 Å². The molecule has 2 rings (SSSR count). The van der Waals surface area contributed by atoms with Gasteiger partial charge in [-0.2, -0.15) is 0 Å². The molecule has 1 aliphatic rings. The molecular formula is C12H22BN3O2. The van der Waals surface area contributed by atoms with Crippen LogP contribution in [0.5, 0.6) is 0 Å². The van der Waals surface area contributed by atoms with Crippen LogP contribution in [0.3, 0.4) is 0 Å². The van der Waals surface area contributed by atoms with Crippen LogP contribution in [0.1, 0.15) is 39.2 Å². The highest BCUT2D eigenvalue weighted by molar-refractivity contribution is 6.62. The Hall–Kier alpha value is -0.975. The predicted octanol–water partition coefficient (Wildman–Crippen LogP) is 1.55. The molecule has 1 aromatic heterocycles. The minimum atomic E-state index is -0.374. The lowest BCUT2D eigenvalue weighted by molar-refractivity contribution is 0.00578. The lowest BCUT2D eigenvalue weighted by Crippen LogP contribution is -2.41.